The van der Waals surface area contributed by atoms with E-state index in [-0.39, 0.29) is 0 Å². The highest BCUT2D eigenvalue weighted by molar-refractivity contribution is 5.23. The van der Waals surface area contributed by atoms with Crippen molar-refractivity contribution in [1.29, 1.82) is 0 Å². The molecule has 0 aromatic rings. The fraction of sp³-hybridized carbons (Fsp3) is 0.636. The minimum absolute atomic E-state index is 0.330. The van der Waals surface area contributed by atoms with Crippen molar-refractivity contribution in [2.45, 2.75) is 39.2 Å². The average molecular weight is 165 g/mol. The first-order valence-corrected chi connectivity index (χ1v) is 4.81. The summed E-state index contributed by atoms with van der Waals surface area (Å²) in [6.45, 7) is 4.33. The first-order valence-electron chi connectivity index (χ1n) is 4.81. The van der Waals surface area contributed by atoms with Crippen LogP contribution in [-0.2, 0) is 0 Å². The van der Waals surface area contributed by atoms with Crippen molar-refractivity contribution in [3.63, 3.8) is 0 Å². The zero-order chi connectivity index (χ0) is 8.97. The van der Waals surface area contributed by atoms with E-state index in [1.54, 1.807) is 0 Å². The van der Waals surface area contributed by atoms with Crippen molar-refractivity contribution in [2.75, 3.05) is 0 Å². The van der Waals surface area contributed by atoms with E-state index < -0.39 is 0 Å². The summed E-state index contributed by atoms with van der Waals surface area (Å²) in [5, 5.41) is 0. The summed E-state index contributed by atoms with van der Waals surface area (Å²) in [6, 6.07) is 0.330. The molecule has 0 bridgehead atoms. The highest BCUT2D eigenvalue weighted by Gasteiger charge is 2.04. The fourth-order valence-corrected chi connectivity index (χ4v) is 1.48. The Morgan fingerprint density at radius 1 is 1.67 bits per heavy atom. The fourth-order valence-electron chi connectivity index (χ4n) is 1.48. The molecule has 2 N–H and O–H groups in total. The van der Waals surface area contributed by atoms with E-state index in [4.69, 9.17) is 5.73 Å². The van der Waals surface area contributed by atoms with Gasteiger partial charge in [0, 0.05) is 6.04 Å². The van der Waals surface area contributed by atoms with E-state index in [1.165, 1.54) is 12.0 Å². The van der Waals surface area contributed by atoms with E-state index in [0.29, 0.717) is 6.04 Å². The van der Waals surface area contributed by atoms with Gasteiger partial charge in [0.05, 0.1) is 0 Å². The Bertz CT molecular complexity index is 189. The molecule has 0 saturated carbocycles. The molecule has 0 saturated heterocycles. The van der Waals surface area contributed by atoms with Gasteiger partial charge in [-0.25, -0.2) is 0 Å². The third-order valence-corrected chi connectivity index (χ3v) is 2.23. The monoisotopic (exact) mass is 165 g/mol. The van der Waals surface area contributed by atoms with Crippen molar-refractivity contribution >= 4 is 0 Å². The largest absolute Gasteiger partial charge is 0.328 e. The molecule has 0 fully saturated rings. The summed E-state index contributed by atoms with van der Waals surface area (Å²) < 4.78 is 0. The van der Waals surface area contributed by atoms with Gasteiger partial charge in [-0.15, -0.1) is 0 Å². The van der Waals surface area contributed by atoms with Gasteiger partial charge in [-0.2, -0.15) is 0 Å². The second-order valence-corrected chi connectivity index (χ2v) is 3.87. The molecule has 0 spiro atoms. The lowest BCUT2D eigenvalue weighted by Crippen LogP contribution is -2.14. The molecule has 2 atom stereocenters. The zero-order valence-electron chi connectivity index (χ0n) is 8.09. The topological polar surface area (TPSA) is 26.0 Å². The third-order valence-electron chi connectivity index (χ3n) is 2.23. The van der Waals surface area contributed by atoms with Crippen LogP contribution in [0.25, 0.3) is 0 Å². The molecule has 0 aromatic heterocycles. The van der Waals surface area contributed by atoms with Crippen LogP contribution in [0.3, 0.4) is 0 Å². The highest BCUT2D eigenvalue weighted by Crippen LogP contribution is 2.19. The first kappa shape index (κ1) is 9.53. The second-order valence-electron chi connectivity index (χ2n) is 3.87. The third kappa shape index (κ3) is 3.22. The molecule has 0 heterocycles. The Labute approximate surface area is 75.3 Å². The number of nitrogens with two attached hydrogens (primary N) is 1. The first-order chi connectivity index (χ1) is 5.68. The van der Waals surface area contributed by atoms with E-state index in [1.807, 2.05) is 0 Å². The Kier molecular flexibility index (Phi) is 3.54. The van der Waals surface area contributed by atoms with Crippen molar-refractivity contribution < 1.29 is 0 Å². The van der Waals surface area contributed by atoms with Crippen LogP contribution in [0.2, 0.25) is 0 Å². The summed E-state index contributed by atoms with van der Waals surface area (Å²) in [5.41, 5.74) is 7.16. The van der Waals surface area contributed by atoms with Gasteiger partial charge in [0.1, 0.15) is 0 Å². The molecule has 1 nitrogen and oxygen atoms in total. The summed E-state index contributed by atoms with van der Waals surface area (Å²) in [4.78, 5) is 0. The predicted octanol–water partition coefficient (Wildman–Crippen LogP) is 2.64. The van der Waals surface area contributed by atoms with Crippen LogP contribution in [0.15, 0.2) is 23.8 Å². The molecule has 1 heteroatoms. The van der Waals surface area contributed by atoms with Gasteiger partial charge in [0.15, 0.2) is 0 Å². The van der Waals surface area contributed by atoms with Crippen molar-refractivity contribution in [2.24, 2.45) is 11.7 Å². The normalized spacial score (nSPS) is 25.2. The van der Waals surface area contributed by atoms with E-state index in [0.717, 1.165) is 18.8 Å². The summed E-state index contributed by atoms with van der Waals surface area (Å²) in [7, 11) is 0. The van der Waals surface area contributed by atoms with Crippen molar-refractivity contribution in [1.82, 2.24) is 0 Å². The smallest absolute Gasteiger partial charge is 0.00136 e. The molecule has 12 heavy (non-hydrogen) atoms. The van der Waals surface area contributed by atoms with Gasteiger partial charge in [0.2, 0.25) is 0 Å². The highest BCUT2D eigenvalue weighted by atomic mass is 14.6. The Hall–Kier alpha value is -0.560. The van der Waals surface area contributed by atoms with E-state index >= 15 is 0 Å². The van der Waals surface area contributed by atoms with Gasteiger partial charge >= 0.3 is 0 Å². The average Bonchev–Trinajstić information content (AvgIpc) is 2.01. The van der Waals surface area contributed by atoms with Gasteiger partial charge in [-0.3, -0.25) is 0 Å². The Morgan fingerprint density at radius 2 is 2.42 bits per heavy atom. The molecule has 68 valence electrons. The number of hydrogen-bond donors (Lipinski definition) is 1. The molecule has 1 aliphatic rings. The molecule has 1 rings (SSSR count). The number of hydrogen-bond acceptors (Lipinski definition) is 1. The maximum Gasteiger partial charge on any atom is 0.00136 e. The Morgan fingerprint density at radius 3 is 3.00 bits per heavy atom. The summed E-state index contributed by atoms with van der Waals surface area (Å²) in [6.07, 6.45) is 10.3. The SMILES string of the molecule is CC(N)CCC1=CC(C)CC=C1. The van der Waals surface area contributed by atoms with Gasteiger partial charge in [-0.05, 0) is 32.1 Å². The zero-order valence-corrected chi connectivity index (χ0v) is 8.09. The minimum atomic E-state index is 0.330. The molecular formula is C11H19N. The van der Waals surface area contributed by atoms with Crippen molar-refractivity contribution in [3.8, 4) is 0 Å². The predicted molar refractivity (Wildman–Crippen MR) is 53.9 cm³/mol. The van der Waals surface area contributed by atoms with Crippen molar-refractivity contribution in [3.05, 3.63) is 23.8 Å². The van der Waals surface area contributed by atoms with Gasteiger partial charge < -0.3 is 5.73 Å². The molecule has 0 amide bonds. The molecule has 1 aliphatic carbocycles. The molecule has 0 aromatic carbocycles. The molecule has 2 unspecified atom stereocenters. The maximum atomic E-state index is 5.69. The molecular weight excluding hydrogens is 146 g/mol. The van der Waals surface area contributed by atoms with E-state index in [2.05, 4.69) is 32.1 Å². The second kappa shape index (κ2) is 4.46. The standard InChI is InChI=1S/C11H19N/c1-9-4-3-5-11(8-9)7-6-10(2)12/h3,5,8-10H,4,6-7,12H2,1-2H3. The van der Waals surface area contributed by atoms with Crippen LogP contribution in [0.1, 0.15) is 33.1 Å². The van der Waals surface area contributed by atoms with Crippen LogP contribution in [0.4, 0.5) is 0 Å². The lowest BCUT2D eigenvalue weighted by atomic mass is 9.95. The Balaban J connectivity index is 2.36. The lowest BCUT2D eigenvalue weighted by molar-refractivity contribution is 0.653. The maximum absolute atomic E-state index is 5.69. The number of rotatable bonds is 3. The van der Waals surface area contributed by atoms with Crippen LogP contribution in [-0.4, -0.2) is 6.04 Å². The molecule has 0 radical (unpaired) electrons. The van der Waals surface area contributed by atoms with Gasteiger partial charge in [-0.1, -0.05) is 30.7 Å². The van der Waals surface area contributed by atoms with Crippen LogP contribution in [0, 0.1) is 5.92 Å². The minimum Gasteiger partial charge on any atom is -0.328 e. The van der Waals surface area contributed by atoms with Crippen LogP contribution >= 0.6 is 0 Å². The quantitative estimate of drug-likeness (QED) is 0.683. The lowest BCUT2D eigenvalue weighted by Gasteiger charge is -2.12. The van der Waals surface area contributed by atoms with Gasteiger partial charge in [0.25, 0.3) is 0 Å². The molecule has 0 aliphatic heterocycles. The van der Waals surface area contributed by atoms with Crippen LogP contribution < -0.4 is 5.73 Å². The number of allylic oxidation sites excluding steroid dienone is 4. The summed E-state index contributed by atoms with van der Waals surface area (Å²) >= 11 is 0. The van der Waals surface area contributed by atoms with E-state index in [9.17, 15) is 0 Å². The summed E-state index contributed by atoms with van der Waals surface area (Å²) in [5.74, 6) is 0.720. The van der Waals surface area contributed by atoms with Crippen LogP contribution in [0.5, 0.6) is 0 Å².